The molecule has 15 nitrogen and oxygen atoms in total. The molecule has 308 valence electrons. The highest BCUT2D eigenvalue weighted by Crippen LogP contribution is 2.54. The molecule has 59 heavy (non-hydrogen) atoms. The lowest BCUT2D eigenvalue weighted by Crippen LogP contribution is -2.52. The molecule has 2 saturated carbocycles. The van der Waals surface area contributed by atoms with Gasteiger partial charge in [-0.1, -0.05) is 45.9 Å². The van der Waals surface area contributed by atoms with Gasteiger partial charge in [-0.3, -0.25) is 9.59 Å². The number of carbonyl (C=O) groups excluding carboxylic acids is 4. The molecule has 2 aromatic heterocycles. The van der Waals surface area contributed by atoms with E-state index < -0.39 is 24.3 Å². The van der Waals surface area contributed by atoms with E-state index >= 15 is 0 Å². The number of likely N-dealkylation sites (tertiary alicyclic amines) is 2. The van der Waals surface area contributed by atoms with Crippen molar-refractivity contribution in [2.45, 2.75) is 89.6 Å². The molecular weight excluding hydrogens is 753 g/mol. The van der Waals surface area contributed by atoms with Crippen LogP contribution in [-0.2, 0) is 19.1 Å². The molecular formula is C44H50N8O7. The van der Waals surface area contributed by atoms with Crippen LogP contribution in [0.25, 0.3) is 33.2 Å². The molecule has 0 radical (unpaired) electrons. The van der Waals surface area contributed by atoms with Crippen LogP contribution >= 0.6 is 0 Å². The van der Waals surface area contributed by atoms with Crippen LogP contribution in [0.15, 0.2) is 60.7 Å². The van der Waals surface area contributed by atoms with Crippen molar-refractivity contribution in [3.8, 4) is 22.6 Å². The Morgan fingerprint density at radius 3 is 1.66 bits per heavy atom. The number of imidazole rings is 2. The Labute approximate surface area is 341 Å². The second-order valence-corrected chi connectivity index (χ2v) is 17.1. The summed E-state index contributed by atoms with van der Waals surface area (Å²) in [7, 11) is 2.59. The van der Waals surface area contributed by atoms with Crippen LogP contribution in [0, 0.1) is 23.7 Å². The lowest BCUT2D eigenvalue weighted by molar-refractivity contribution is -0.137. The van der Waals surface area contributed by atoms with E-state index in [0.29, 0.717) is 23.3 Å². The van der Waals surface area contributed by atoms with Crippen LogP contribution in [0.1, 0.15) is 77.1 Å². The number of nitrogens with zero attached hydrogens (tertiary/aromatic N) is 4. The van der Waals surface area contributed by atoms with E-state index in [4.69, 9.17) is 24.2 Å². The fourth-order valence-electron chi connectivity index (χ4n) is 9.23. The number of aromatic nitrogens is 4. The van der Waals surface area contributed by atoms with Crippen molar-refractivity contribution in [2.24, 2.45) is 23.7 Å². The third-order valence-corrected chi connectivity index (χ3v) is 12.5. The molecule has 15 heteroatoms. The molecule has 2 unspecified atom stereocenters. The summed E-state index contributed by atoms with van der Waals surface area (Å²) in [6.45, 7) is 7.66. The fraction of sp³-hybridized carbons (Fsp3) is 0.455. The summed E-state index contributed by atoms with van der Waals surface area (Å²) in [5, 5.41) is 5.48. The molecule has 3 aromatic carbocycles. The van der Waals surface area contributed by atoms with Crippen molar-refractivity contribution >= 4 is 46.1 Å². The zero-order valence-corrected chi connectivity index (χ0v) is 34.0. The Bertz CT molecular complexity index is 2460. The number of fused-ring (bicyclic) bond motifs is 4. The van der Waals surface area contributed by atoms with E-state index in [1.165, 1.54) is 14.2 Å². The number of benzene rings is 3. The van der Waals surface area contributed by atoms with Crippen LogP contribution in [-0.4, -0.2) is 92.1 Å². The van der Waals surface area contributed by atoms with Gasteiger partial charge in [-0.05, 0) is 96.9 Å². The summed E-state index contributed by atoms with van der Waals surface area (Å²) in [6, 6.07) is 18.2. The van der Waals surface area contributed by atoms with Gasteiger partial charge in [0.15, 0.2) is 0 Å². The second-order valence-electron chi connectivity index (χ2n) is 17.1. The van der Waals surface area contributed by atoms with Gasteiger partial charge in [0.25, 0.3) is 0 Å². The number of hydrogen-bond donors (Lipinski definition) is 4. The van der Waals surface area contributed by atoms with Gasteiger partial charge in [0.1, 0.15) is 35.2 Å². The Hall–Kier alpha value is -6.12. The predicted octanol–water partition coefficient (Wildman–Crippen LogP) is 6.98. The fourth-order valence-corrected chi connectivity index (χ4v) is 9.23. The monoisotopic (exact) mass is 802 g/mol. The molecule has 5 aromatic rings. The molecule has 2 saturated heterocycles. The molecule has 9 rings (SSSR count). The zero-order valence-electron chi connectivity index (χ0n) is 34.0. The Balaban J connectivity index is 0.911. The molecule has 0 spiro atoms. The van der Waals surface area contributed by atoms with Crippen molar-refractivity contribution in [3.63, 3.8) is 0 Å². The lowest BCUT2D eigenvalue weighted by Gasteiger charge is -2.31. The molecule has 4 N–H and O–H groups in total. The average molecular weight is 803 g/mol. The van der Waals surface area contributed by atoms with Gasteiger partial charge in [0.05, 0.1) is 48.4 Å². The van der Waals surface area contributed by atoms with Crippen molar-refractivity contribution < 1.29 is 33.4 Å². The van der Waals surface area contributed by atoms with Crippen molar-refractivity contribution in [2.75, 3.05) is 14.2 Å². The zero-order chi connectivity index (χ0) is 41.3. The standard InChI is InChI=1S/C44H50N8O7/c1-21(2)37(49-43(55)57-5)41(53)51-33-16-25(33)18-35(51)39-45-29-12-10-24(15-31(29)47-39)23-8-7-9-27(14-23)59-28-11-13-30-32(20-28)48-40(46-30)36-19-26-17-34(26)52(36)42(54)38(22(3)4)50-44(56)58-6/h7-15,20-22,25-26,33-38H,16-19H2,1-6H3,(H,45,47)(H,46,48)(H,49,55)(H,50,56)/t25-,26-,33-,34-,35+,36+,37?,38?/m1/s1. The van der Waals surface area contributed by atoms with E-state index in [9.17, 15) is 19.2 Å². The SMILES string of the molecule is COC(=O)NC(C(=O)N1[C@@H]2C[C@@H]2C[C@H]1c1nc2ccc(Oc3cccc(-c4ccc5nc([C@@H]6C[C@H]7C[C@H]7N6C(=O)C(NC(=O)OC)C(C)C)[nH]c5c4)c3)cc2[nH]1)C(C)C. The summed E-state index contributed by atoms with van der Waals surface area (Å²) in [4.78, 5) is 72.6. The molecule has 4 amide bonds. The maximum absolute atomic E-state index is 13.9. The number of ether oxygens (including phenoxy) is 3. The van der Waals surface area contributed by atoms with Crippen LogP contribution in [0.5, 0.6) is 11.5 Å². The Kier molecular flexibility index (Phi) is 9.71. The maximum atomic E-state index is 13.9. The van der Waals surface area contributed by atoms with E-state index in [0.717, 1.165) is 70.5 Å². The minimum absolute atomic E-state index is 0.111. The molecule has 2 aliphatic carbocycles. The molecule has 0 bridgehead atoms. The van der Waals surface area contributed by atoms with Gasteiger partial charge in [0.2, 0.25) is 11.8 Å². The van der Waals surface area contributed by atoms with E-state index in [-0.39, 0.29) is 47.8 Å². The number of carbonyl (C=O) groups is 4. The average Bonchev–Trinajstić information content (AvgIpc) is 3.89. The number of piperidine rings is 2. The highest BCUT2D eigenvalue weighted by Gasteiger charge is 2.57. The minimum atomic E-state index is -0.698. The quantitative estimate of drug-likeness (QED) is 0.109. The Morgan fingerprint density at radius 1 is 0.644 bits per heavy atom. The first kappa shape index (κ1) is 38.4. The minimum Gasteiger partial charge on any atom is -0.457 e. The molecule has 4 fully saturated rings. The van der Waals surface area contributed by atoms with Crippen LogP contribution in [0.2, 0.25) is 0 Å². The third-order valence-electron chi connectivity index (χ3n) is 12.5. The Morgan fingerprint density at radius 2 is 1.14 bits per heavy atom. The largest absolute Gasteiger partial charge is 0.457 e. The van der Waals surface area contributed by atoms with Gasteiger partial charge in [-0.25, -0.2) is 19.6 Å². The third kappa shape index (κ3) is 7.20. The van der Waals surface area contributed by atoms with Crippen molar-refractivity contribution in [1.29, 1.82) is 0 Å². The van der Waals surface area contributed by atoms with E-state index in [1.807, 2.05) is 92.1 Å². The van der Waals surface area contributed by atoms with Crippen LogP contribution in [0.4, 0.5) is 9.59 Å². The first-order chi connectivity index (χ1) is 28.4. The number of H-pyrrole nitrogens is 2. The predicted molar refractivity (Wildman–Crippen MR) is 218 cm³/mol. The summed E-state index contributed by atoms with van der Waals surface area (Å²) < 4.78 is 16.0. The van der Waals surface area contributed by atoms with Gasteiger partial charge < -0.3 is 44.6 Å². The van der Waals surface area contributed by atoms with Gasteiger partial charge in [-0.2, -0.15) is 0 Å². The number of alkyl carbamates (subject to hydrolysis) is 2. The van der Waals surface area contributed by atoms with E-state index in [2.05, 4.69) is 26.7 Å². The number of hydrogen-bond acceptors (Lipinski definition) is 9. The van der Waals surface area contributed by atoms with Crippen LogP contribution in [0.3, 0.4) is 0 Å². The number of aromatic amines is 2. The summed E-state index contributed by atoms with van der Waals surface area (Å²) in [6.07, 6.45) is 2.32. The summed E-state index contributed by atoms with van der Waals surface area (Å²) in [5.41, 5.74) is 5.19. The van der Waals surface area contributed by atoms with Crippen molar-refractivity contribution in [3.05, 3.63) is 72.3 Å². The summed E-state index contributed by atoms with van der Waals surface area (Å²) in [5.74, 6) is 3.16. The highest BCUT2D eigenvalue weighted by molar-refractivity contribution is 5.89. The topological polar surface area (TPSA) is 184 Å². The molecule has 8 atom stereocenters. The van der Waals surface area contributed by atoms with E-state index in [1.54, 1.807) is 0 Å². The number of nitrogens with one attached hydrogen (secondary N) is 4. The molecule has 4 heterocycles. The van der Waals surface area contributed by atoms with Gasteiger partial charge in [0, 0.05) is 18.2 Å². The first-order valence-electron chi connectivity index (χ1n) is 20.5. The lowest BCUT2D eigenvalue weighted by atomic mass is 10.0. The number of rotatable bonds is 11. The molecule has 2 aliphatic heterocycles. The first-order valence-corrected chi connectivity index (χ1v) is 20.5. The smallest absolute Gasteiger partial charge is 0.407 e. The normalized spacial score (nSPS) is 23.9. The van der Waals surface area contributed by atoms with Gasteiger partial charge >= 0.3 is 12.2 Å². The van der Waals surface area contributed by atoms with Crippen molar-refractivity contribution in [1.82, 2.24) is 40.4 Å². The molecule has 4 aliphatic rings. The van der Waals surface area contributed by atoms with Gasteiger partial charge in [-0.15, -0.1) is 0 Å². The summed E-state index contributed by atoms with van der Waals surface area (Å²) >= 11 is 0. The van der Waals surface area contributed by atoms with Crippen LogP contribution < -0.4 is 15.4 Å². The maximum Gasteiger partial charge on any atom is 0.407 e. The number of methoxy groups -OCH3 is 2. The second kappa shape index (κ2) is 14.9. The highest BCUT2D eigenvalue weighted by atomic mass is 16.5. The number of amides is 4.